The largest absolute Gasteiger partial charge is 1.00 e. The molecule has 22 heavy (non-hydrogen) atoms. The second kappa shape index (κ2) is 5.41. The van der Waals surface area contributed by atoms with Crippen molar-refractivity contribution < 1.29 is 17.0 Å². The predicted molar refractivity (Wildman–Crippen MR) is 83.6 cm³/mol. The lowest BCUT2D eigenvalue weighted by Crippen LogP contribution is -3.00. The van der Waals surface area contributed by atoms with Gasteiger partial charge in [-0.2, -0.15) is 4.57 Å². The molecule has 1 aliphatic heterocycles. The molecule has 3 aromatic rings. The zero-order valence-electron chi connectivity index (χ0n) is 12.0. The van der Waals surface area contributed by atoms with Gasteiger partial charge in [-0.15, -0.1) is 0 Å². The summed E-state index contributed by atoms with van der Waals surface area (Å²) in [5.41, 5.74) is 3.37. The van der Waals surface area contributed by atoms with E-state index in [1.807, 2.05) is 35.8 Å². The topological polar surface area (TPSA) is 25.9 Å². The van der Waals surface area contributed by atoms with Crippen LogP contribution in [-0.4, -0.2) is 4.57 Å². The molecule has 0 N–H and O–H groups in total. The van der Waals surface area contributed by atoms with Gasteiger partial charge >= 0.3 is 5.56 Å². The van der Waals surface area contributed by atoms with Crippen LogP contribution in [0.1, 0.15) is 12.5 Å². The fourth-order valence-corrected chi connectivity index (χ4v) is 3.38. The first-order valence-corrected chi connectivity index (χ1v) is 7.42. The first-order valence-electron chi connectivity index (χ1n) is 7.05. The van der Waals surface area contributed by atoms with Crippen LogP contribution in [0.15, 0.2) is 47.3 Å². The SMILES string of the molecule is CCn1c2[n+](c3ccc(Cl)cc3c1=O)Cc1ccccc1-2.[Cl-]. The molecule has 0 spiro atoms. The predicted octanol–water partition coefficient (Wildman–Crippen LogP) is -0.00500. The molecule has 5 heteroatoms. The number of hydrogen-bond donors (Lipinski definition) is 0. The van der Waals surface area contributed by atoms with E-state index >= 15 is 0 Å². The number of fused-ring (bicyclic) bond motifs is 5. The molecule has 0 amide bonds. The van der Waals surface area contributed by atoms with Gasteiger partial charge in [0.1, 0.15) is 17.4 Å². The molecule has 0 atom stereocenters. The van der Waals surface area contributed by atoms with Gasteiger partial charge in [0.2, 0.25) is 0 Å². The van der Waals surface area contributed by atoms with Crippen molar-refractivity contribution in [3.8, 4) is 11.4 Å². The van der Waals surface area contributed by atoms with Crippen LogP contribution in [0.2, 0.25) is 5.02 Å². The highest BCUT2D eigenvalue weighted by Gasteiger charge is 2.31. The van der Waals surface area contributed by atoms with E-state index in [-0.39, 0.29) is 18.0 Å². The third kappa shape index (κ3) is 1.97. The summed E-state index contributed by atoms with van der Waals surface area (Å²) in [6.45, 7) is 3.44. The lowest BCUT2D eigenvalue weighted by Gasteiger charge is -2.07. The molecule has 0 aliphatic carbocycles. The Kier molecular flexibility index (Phi) is 3.71. The number of halogens is 2. The molecule has 112 valence electrons. The fraction of sp³-hybridized carbons (Fsp3) is 0.176. The van der Waals surface area contributed by atoms with Crippen LogP contribution in [-0.2, 0) is 13.1 Å². The zero-order valence-corrected chi connectivity index (χ0v) is 13.5. The maximum absolute atomic E-state index is 12.8. The molecule has 2 heterocycles. The minimum atomic E-state index is 0. The van der Waals surface area contributed by atoms with E-state index in [0.717, 1.165) is 23.4 Å². The van der Waals surface area contributed by atoms with Gasteiger partial charge in [-0.25, -0.2) is 9.36 Å². The molecule has 0 radical (unpaired) electrons. The second-order valence-corrected chi connectivity index (χ2v) is 5.71. The molecule has 1 aromatic heterocycles. The molecule has 4 rings (SSSR count). The number of rotatable bonds is 1. The lowest BCUT2D eigenvalue weighted by atomic mass is 10.1. The highest BCUT2D eigenvalue weighted by molar-refractivity contribution is 6.31. The molecular formula is C17H14Cl2N2O. The Labute approximate surface area is 139 Å². The van der Waals surface area contributed by atoms with Gasteiger partial charge in [0, 0.05) is 10.6 Å². The van der Waals surface area contributed by atoms with Gasteiger partial charge in [0.15, 0.2) is 0 Å². The monoisotopic (exact) mass is 332 g/mol. The van der Waals surface area contributed by atoms with E-state index in [9.17, 15) is 4.79 Å². The molecule has 0 saturated carbocycles. The summed E-state index contributed by atoms with van der Waals surface area (Å²) < 4.78 is 4.05. The maximum atomic E-state index is 12.8. The van der Waals surface area contributed by atoms with Crippen molar-refractivity contribution >= 4 is 22.5 Å². The Bertz CT molecular complexity index is 947. The van der Waals surface area contributed by atoms with Gasteiger partial charge in [-0.05, 0) is 31.2 Å². The summed E-state index contributed by atoms with van der Waals surface area (Å²) in [5, 5.41) is 1.28. The molecule has 3 nitrogen and oxygen atoms in total. The lowest BCUT2D eigenvalue weighted by molar-refractivity contribution is -0.649. The highest BCUT2D eigenvalue weighted by atomic mass is 35.5. The molecule has 0 unspecified atom stereocenters. The van der Waals surface area contributed by atoms with Crippen molar-refractivity contribution in [2.45, 2.75) is 20.0 Å². The Morgan fingerprint density at radius 2 is 2.00 bits per heavy atom. The van der Waals surface area contributed by atoms with Gasteiger partial charge in [0.05, 0.1) is 12.1 Å². The fourth-order valence-electron chi connectivity index (χ4n) is 3.21. The van der Waals surface area contributed by atoms with E-state index in [1.54, 1.807) is 6.07 Å². The number of nitrogens with zero attached hydrogens (tertiary/aromatic N) is 2. The van der Waals surface area contributed by atoms with Crippen molar-refractivity contribution in [3.63, 3.8) is 0 Å². The van der Waals surface area contributed by atoms with E-state index in [1.165, 1.54) is 5.56 Å². The first-order chi connectivity index (χ1) is 10.2. The minimum Gasteiger partial charge on any atom is -1.00 e. The third-order valence-corrected chi connectivity index (χ3v) is 4.37. The van der Waals surface area contributed by atoms with Crippen molar-refractivity contribution in [1.29, 1.82) is 0 Å². The molecule has 0 bridgehead atoms. The molecular weight excluding hydrogens is 319 g/mol. The summed E-state index contributed by atoms with van der Waals surface area (Å²) in [6, 6.07) is 13.8. The molecule has 0 saturated heterocycles. The molecule has 1 aliphatic rings. The van der Waals surface area contributed by atoms with Crippen LogP contribution in [0.4, 0.5) is 0 Å². The average molecular weight is 333 g/mol. The average Bonchev–Trinajstić information content (AvgIpc) is 2.87. The smallest absolute Gasteiger partial charge is 0.345 e. The van der Waals surface area contributed by atoms with Crippen molar-refractivity contribution in [3.05, 3.63) is 63.4 Å². The Morgan fingerprint density at radius 1 is 1.23 bits per heavy atom. The standard InChI is InChI=1S/C17H14ClN2O.ClH/c1-2-19-16-13-6-4-3-5-11(13)10-20(16)15-8-7-12(18)9-14(15)17(19)21;/h3-9H,2,10H2,1H3;1H/q+1;/p-1. The van der Waals surface area contributed by atoms with E-state index in [2.05, 4.69) is 16.7 Å². The summed E-state index contributed by atoms with van der Waals surface area (Å²) in [5.74, 6) is 0.993. The Balaban J connectivity index is 0.00000144. The Morgan fingerprint density at radius 3 is 2.77 bits per heavy atom. The van der Waals surface area contributed by atoms with Crippen LogP contribution >= 0.6 is 11.6 Å². The Hall–Kier alpha value is -1.84. The summed E-state index contributed by atoms with van der Waals surface area (Å²) >= 11 is 6.07. The van der Waals surface area contributed by atoms with Gasteiger partial charge < -0.3 is 12.4 Å². The number of benzene rings is 2. The normalized spacial score (nSPS) is 11.9. The molecule has 0 fully saturated rings. The maximum Gasteiger partial charge on any atom is 0.345 e. The number of hydrogen-bond acceptors (Lipinski definition) is 1. The first kappa shape index (κ1) is 15.1. The van der Waals surface area contributed by atoms with Crippen LogP contribution in [0.3, 0.4) is 0 Å². The quantitative estimate of drug-likeness (QED) is 0.450. The van der Waals surface area contributed by atoms with Crippen LogP contribution < -0.4 is 22.5 Å². The van der Waals surface area contributed by atoms with Gasteiger partial charge in [-0.1, -0.05) is 29.8 Å². The van der Waals surface area contributed by atoms with Gasteiger partial charge in [-0.3, -0.25) is 0 Å². The van der Waals surface area contributed by atoms with Crippen LogP contribution in [0.5, 0.6) is 0 Å². The summed E-state index contributed by atoms with van der Waals surface area (Å²) in [6.07, 6.45) is 0. The van der Waals surface area contributed by atoms with Crippen molar-refractivity contribution in [2.75, 3.05) is 0 Å². The van der Waals surface area contributed by atoms with Crippen molar-refractivity contribution in [2.24, 2.45) is 0 Å². The highest BCUT2D eigenvalue weighted by Crippen LogP contribution is 2.27. The van der Waals surface area contributed by atoms with Crippen LogP contribution in [0.25, 0.3) is 22.3 Å². The zero-order chi connectivity index (χ0) is 14.6. The van der Waals surface area contributed by atoms with E-state index in [4.69, 9.17) is 11.6 Å². The molecule has 2 aromatic carbocycles. The van der Waals surface area contributed by atoms with Crippen molar-refractivity contribution in [1.82, 2.24) is 4.57 Å². The minimum absolute atomic E-state index is 0. The van der Waals surface area contributed by atoms with E-state index in [0.29, 0.717) is 17.0 Å². The van der Waals surface area contributed by atoms with E-state index < -0.39 is 0 Å². The third-order valence-electron chi connectivity index (χ3n) is 4.14. The second-order valence-electron chi connectivity index (χ2n) is 5.28. The number of aromatic nitrogens is 2. The summed E-state index contributed by atoms with van der Waals surface area (Å²) in [4.78, 5) is 12.8. The van der Waals surface area contributed by atoms with Crippen LogP contribution in [0, 0.1) is 0 Å². The van der Waals surface area contributed by atoms with Gasteiger partial charge in [0.25, 0.3) is 5.82 Å². The summed E-state index contributed by atoms with van der Waals surface area (Å²) in [7, 11) is 0.